The highest BCUT2D eigenvalue weighted by molar-refractivity contribution is 6.00. The summed E-state index contributed by atoms with van der Waals surface area (Å²) in [4.78, 5) is 65.7. The van der Waals surface area contributed by atoms with Crippen molar-refractivity contribution in [2.45, 2.75) is 119 Å². The largest absolute Gasteiger partial charge is 0.497 e. The molecule has 0 aromatic rings. The van der Waals surface area contributed by atoms with Gasteiger partial charge in [-0.1, -0.05) is 68.2 Å². The smallest absolute Gasteiger partial charge is 0.251 e. The van der Waals surface area contributed by atoms with Crippen molar-refractivity contribution >= 4 is 29.5 Å². The Morgan fingerprint density at radius 3 is 1.80 bits per heavy atom. The lowest BCUT2D eigenvalue weighted by Gasteiger charge is -2.31. The number of nitrogens with one attached hydrogen (secondary N) is 6. The average Bonchev–Trinajstić information content (AvgIpc) is 3.02. The summed E-state index contributed by atoms with van der Waals surface area (Å²) in [6.07, 6.45) is 6.57. The quantitative estimate of drug-likeness (QED) is 0.118. The molecule has 0 aromatic heterocycles. The molecule has 0 aromatic carbocycles. The number of ether oxygens (including phenoxy) is 1. The SMILES string of the molecule is CCNC(=O)C(NC(=O)[C@H](C)NCC(CC(C)C)NC(=O)[C@@H](NC(=O)C(NC(=O)C1=CCOC=C1)[C@@H](C)CC)C(C)CC)C(C)C. The number of amides is 5. The van der Waals surface area contributed by atoms with Crippen LogP contribution in [0, 0.1) is 23.7 Å². The normalized spacial score (nSPS) is 17.3. The zero-order valence-electron chi connectivity index (χ0n) is 29.6. The van der Waals surface area contributed by atoms with Crippen molar-refractivity contribution in [1.29, 1.82) is 0 Å². The second-order valence-corrected chi connectivity index (χ2v) is 13.1. The van der Waals surface area contributed by atoms with E-state index in [0.29, 0.717) is 37.9 Å². The van der Waals surface area contributed by atoms with Crippen LogP contribution in [-0.2, 0) is 28.7 Å². The Bertz CT molecular complexity index is 1070. The van der Waals surface area contributed by atoms with Crippen LogP contribution >= 0.6 is 0 Å². The van der Waals surface area contributed by atoms with Crippen LogP contribution in [-0.4, -0.2) is 79.4 Å². The molecule has 12 heteroatoms. The standard InChI is InChI=1S/C34H60N6O6/c1-11-22(8)28(40-34(45)29(23(9)12-2)39-31(42)25-14-16-46-17-15-25)33(44)37-26(18-20(4)5)19-36-24(10)30(41)38-27(21(6)7)32(43)35-13-3/h14-16,20-24,26-29,36H,11-13,17-19H2,1-10H3,(H,35,43)(H,37,44)(H,38,41)(H,39,42)(H,40,45)/t22?,23-,24-,26?,27?,28-,29?/m0/s1. The first-order valence-electron chi connectivity index (χ1n) is 16.9. The van der Waals surface area contributed by atoms with Gasteiger partial charge in [-0.05, 0) is 56.1 Å². The molecule has 0 radical (unpaired) electrons. The number of likely N-dealkylation sites (N-methyl/N-ethyl adjacent to an activating group) is 1. The molecule has 7 atom stereocenters. The van der Waals surface area contributed by atoms with Gasteiger partial charge in [0.1, 0.15) is 24.7 Å². The van der Waals surface area contributed by atoms with E-state index in [1.807, 2.05) is 62.3 Å². The van der Waals surface area contributed by atoms with Gasteiger partial charge in [-0.15, -0.1) is 0 Å². The predicted octanol–water partition coefficient (Wildman–Crippen LogP) is 2.30. The molecule has 4 unspecified atom stereocenters. The van der Waals surface area contributed by atoms with E-state index in [-0.39, 0.29) is 59.9 Å². The Morgan fingerprint density at radius 2 is 1.30 bits per heavy atom. The minimum Gasteiger partial charge on any atom is -0.497 e. The number of rotatable bonds is 20. The molecular weight excluding hydrogens is 588 g/mol. The molecule has 0 bridgehead atoms. The number of hydrogen-bond donors (Lipinski definition) is 6. The lowest BCUT2D eigenvalue weighted by molar-refractivity contribution is -0.133. The Labute approximate surface area is 276 Å². The van der Waals surface area contributed by atoms with E-state index >= 15 is 0 Å². The van der Waals surface area contributed by atoms with Crippen molar-refractivity contribution < 1.29 is 28.7 Å². The Morgan fingerprint density at radius 1 is 0.739 bits per heavy atom. The summed E-state index contributed by atoms with van der Waals surface area (Å²) in [6.45, 7) is 20.1. The van der Waals surface area contributed by atoms with Gasteiger partial charge in [0.25, 0.3) is 5.91 Å². The molecule has 1 aliphatic rings. The molecule has 1 heterocycles. The molecule has 0 saturated carbocycles. The van der Waals surface area contributed by atoms with E-state index in [4.69, 9.17) is 4.74 Å². The molecule has 0 fully saturated rings. The predicted molar refractivity (Wildman–Crippen MR) is 180 cm³/mol. The van der Waals surface area contributed by atoms with Gasteiger partial charge in [0.2, 0.25) is 23.6 Å². The van der Waals surface area contributed by atoms with Gasteiger partial charge in [-0.2, -0.15) is 0 Å². The Balaban J connectivity index is 3.02. The van der Waals surface area contributed by atoms with Crippen LogP contribution in [0.5, 0.6) is 0 Å². The maximum atomic E-state index is 13.7. The third-order valence-corrected chi connectivity index (χ3v) is 8.34. The van der Waals surface area contributed by atoms with Crippen LogP contribution in [0.2, 0.25) is 0 Å². The van der Waals surface area contributed by atoms with Gasteiger partial charge in [0.05, 0.1) is 12.3 Å². The molecule has 46 heavy (non-hydrogen) atoms. The maximum Gasteiger partial charge on any atom is 0.251 e. The molecule has 1 rings (SSSR count). The van der Waals surface area contributed by atoms with Gasteiger partial charge >= 0.3 is 0 Å². The maximum absolute atomic E-state index is 13.7. The number of hydrogen-bond acceptors (Lipinski definition) is 7. The molecule has 6 N–H and O–H groups in total. The van der Waals surface area contributed by atoms with E-state index in [1.54, 1.807) is 19.1 Å². The summed E-state index contributed by atoms with van der Waals surface area (Å²) in [7, 11) is 0. The lowest BCUT2D eigenvalue weighted by atomic mass is 9.94. The topological polar surface area (TPSA) is 167 Å². The van der Waals surface area contributed by atoms with Crippen molar-refractivity contribution in [3.8, 4) is 0 Å². The summed E-state index contributed by atoms with van der Waals surface area (Å²) < 4.78 is 5.13. The van der Waals surface area contributed by atoms with Gasteiger partial charge < -0.3 is 36.6 Å². The molecule has 5 amide bonds. The molecular formula is C34H60N6O6. The van der Waals surface area contributed by atoms with Crippen molar-refractivity contribution in [3.63, 3.8) is 0 Å². The van der Waals surface area contributed by atoms with Gasteiger partial charge in [-0.25, -0.2) is 0 Å². The molecule has 1 aliphatic heterocycles. The Hall–Kier alpha value is -3.41. The monoisotopic (exact) mass is 648 g/mol. The zero-order chi connectivity index (χ0) is 35.0. The van der Waals surface area contributed by atoms with Crippen molar-refractivity contribution in [2.75, 3.05) is 19.7 Å². The number of carbonyl (C=O) groups is 5. The molecule has 0 aliphatic carbocycles. The van der Waals surface area contributed by atoms with Crippen molar-refractivity contribution in [2.24, 2.45) is 23.7 Å². The first-order chi connectivity index (χ1) is 21.7. The van der Waals surface area contributed by atoms with E-state index in [0.717, 1.165) is 0 Å². The highest BCUT2D eigenvalue weighted by Crippen LogP contribution is 2.15. The lowest BCUT2D eigenvalue weighted by Crippen LogP contribution is -2.59. The van der Waals surface area contributed by atoms with E-state index < -0.39 is 30.1 Å². The summed E-state index contributed by atoms with van der Waals surface area (Å²) in [6, 6.07) is -3.27. The summed E-state index contributed by atoms with van der Waals surface area (Å²) >= 11 is 0. The van der Waals surface area contributed by atoms with Crippen molar-refractivity contribution in [3.05, 3.63) is 24.0 Å². The second kappa shape index (κ2) is 20.7. The van der Waals surface area contributed by atoms with E-state index in [9.17, 15) is 24.0 Å². The molecule has 0 spiro atoms. The number of carbonyl (C=O) groups excluding carboxylic acids is 5. The average molecular weight is 649 g/mol. The zero-order valence-corrected chi connectivity index (χ0v) is 29.6. The second-order valence-electron chi connectivity index (χ2n) is 13.1. The molecule has 262 valence electrons. The van der Waals surface area contributed by atoms with Crippen LogP contribution < -0.4 is 31.9 Å². The van der Waals surface area contributed by atoms with E-state index in [1.165, 1.54) is 6.26 Å². The van der Waals surface area contributed by atoms with Gasteiger partial charge in [0.15, 0.2) is 0 Å². The summed E-state index contributed by atoms with van der Waals surface area (Å²) in [5, 5.41) is 17.7. The summed E-state index contributed by atoms with van der Waals surface area (Å²) in [5.74, 6) is -1.87. The van der Waals surface area contributed by atoms with Gasteiger partial charge in [-0.3, -0.25) is 24.0 Å². The minimum absolute atomic E-state index is 0.0904. The van der Waals surface area contributed by atoms with Gasteiger partial charge in [0, 0.05) is 24.7 Å². The van der Waals surface area contributed by atoms with Crippen LogP contribution in [0.1, 0.15) is 88.5 Å². The molecule has 0 saturated heterocycles. The third kappa shape index (κ3) is 13.5. The summed E-state index contributed by atoms with van der Waals surface area (Å²) in [5.41, 5.74) is 0.416. The van der Waals surface area contributed by atoms with Crippen LogP contribution in [0.15, 0.2) is 24.0 Å². The molecule has 12 nitrogen and oxygen atoms in total. The van der Waals surface area contributed by atoms with E-state index in [2.05, 4.69) is 31.9 Å². The first-order valence-corrected chi connectivity index (χ1v) is 16.9. The highest BCUT2D eigenvalue weighted by atomic mass is 16.5. The fourth-order valence-electron chi connectivity index (χ4n) is 4.99. The fourth-order valence-corrected chi connectivity index (χ4v) is 4.99. The van der Waals surface area contributed by atoms with Crippen molar-refractivity contribution in [1.82, 2.24) is 31.9 Å². The Kier molecular flexibility index (Phi) is 18.2. The third-order valence-electron chi connectivity index (χ3n) is 8.34. The van der Waals surface area contributed by atoms with Crippen LogP contribution in [0.3, 0.4) is 0 Å². The first kappa shape index (κ1) is 40.6. The van der Waals surface area contributed by atoms with Crippen LogP contribution in [0.25, 0.3) is 0 Å². The minimum atomic E-state index is -0.837. The van der Waals surface area contributed by atoms with Crippen LogP contribution in [0.4, 0.5) is 0 Å². The fraction of sp³-hybridized carbons (Fsp3) is 0.735. The highest BCUT2D eigenvalue weighted by Gasteiger charge is 2.33.